The van der Waals surface area contributed by atoms with Crippen LogP contribution in [0.4, 0.5) is 0 Å². The van der Waals surface area contributed by atoms with Crippen molar-refractivity contribution in [2.24, 2.45) is 17.8 Å². The highest BCUT2D eigenvalue weighted by molar-refractivity contribution is 6.05. The molecule has 0 spiro atoms. The first-order valence-electron chi connectivity index (χ1n) is 7.33. The Balaban J connectivity index is 1.56. The molecule has 0 aromatic heterocycles. The van der Waals surface area contributed by atoms with Crippen LogP contribution in [-0.4, -0.2) is 36.3 Å². The molecule has 4 nitrogen and oxygen atoms in total. The van der Waals surface area contributed by atoms with Crippen LogP contribution in [0.3, 0.4) is 0 Å². The molecule has 2 heterocycles. The van der Waals surface area contributed by atoms with E-state index in [0.717, 1.165) is 38.8 Å². The highest BCUT2D eigenvalue weighted by Crippen LogP contribution is 2.39. The van der Waals surface area contributed by atoms with Gasteiger partial charge in [-0.15, -0.1) is 0 Å². The SMILES string of the molecule is O=C1C2CCCC2C(=O)N1CCC1CCCNC1. The van der Waals surface area contributed by atoms with Crippen LogP contribution in [0.15, 0.2) is 0 Å². The van der Waals surface area contributed by atoms with Gasteiger partial charge in [0, 0.05) is 6.54 Å². The maximum absolute atomic E-state index is 12.2. The van der Waals surface area contributed by atoms with Gasteiger partial charge in [0.15, 0.2) is 0 Å². The summed E-state index contributed by atoms with van der Waals surface area (Å²) in [5.74, 6) is 0.932. The normalized spacial score (nSPS) is 36.2. The first-order valence-corrected chi connectivity index (χ1v) is 7.33. The summed E-state index contributed by atoms with van der Waals surface area (Å²) in [6.45, 7) is 2.81. The van der Waals surface area contributed by atoms with Crippen molar-refractivity contribution >= 4 is 11.8 Å². The van der Waals surface area contributed by atoms with E-state index in [1.165, 1.54) is 12.8 Å². The molecule has 2 aliphatic heterocycles. The summed E-state index contributed by atoms with van der Waals surface area (Å²) in [7, 11) is 0. The van der Waals surface area contributed by atoms with Crippen molar-refractivity contribution in [3.05, 3.63) is 0 Å². The van der Waals surface area contributed by atoms with E-state index in [0.29, 0.717) is 12.5 Å². The van der Waals surface area contributed by atoms with E-state index in [1.54, 1.807) is 4.90 Å². The number of amides is 2. The molecule has 3 unspecified atom stereocenters. The smallest absolute Gasteiger partial charge is 0.233 e. The molecule has 0 aromatic carbocycles. The maximum atomic E-state index is 12.2. The Morgan fingerprint density at radius 3 is 2.39 bits per heavy atom. The molecule has 2 saturated heterocycles. The number of hydrogen-bond acceptors (Lipinski definition) is 3. The lowest BCUT2D eigenvalue weighted by Gasteiger charge is -2.25. The lowest BCUT2D eigenvalue weighted by molar-refractivity contribution is -0.140. The summed E-state index contributed by atoms with van der Waals surface area (Å²) in [4.78, 5) is 25.9. The Bertz CT molecular complexity index is 328. The lowest BCUT2D eigenvalue weighted by atomic mass is 9.96. The highest BCUT2D eigenvalue weighted by Gasteiger charge is 2.49. The quantitative estimate of drug-likeness (QED) is 0.765. The number of fused-ring (bicyclic) bond motifs is 1. The van der Waals surface area contributed by atoms with E-state index in [9.17, 15) is 9.59 Å². The fourth-order valence-corrected chi connectivity index (χ4v) is 3.76. The minimum absolute atomic E-state index is 0.0296. The highest BCUT2D eigenvalue weighted by atomic mass is 16.2. The number of carbonyl (C=O) groups is 2. The van der Waals surface area contributed by atoms with Crippen molar-refractivity contribution in [3.8, 4) is 0 Å². The molecule has 100 valence electrons. The average molecular weight is 250 g/mol. The third kappa shape index (κ3) is 2.07. The minimum Gasteiger partial charge on any atom is -0.316 e. The number of nitrogens with one attached hydrogen (secondary N) is 1. The molecule has 3 aliphatic rings. The van der Waals surface area contributed by atoms with Crippen molar-refractivity contribution < 1.29 is 9.59 Å². The summed E-state index contributed by atoms with van der Waals surface area (Å²) in [6.07, 6.45) is 6.33. The number of carbonyl (C=O) groups excluding carboxylic acids is 2. The van der Waals surface area contributed by atoms with Gasteiger partial charge in [0.1, 0.15) is 0 Å². The van der Waals surface area contributed by atoms with E-state index >= 15 is 0 Å². The average Bonchev–Trinajstić information content (AvgIpc) is 2.95. The van der Waals surface area contributed by atoms with Gasteiger partial charge in [-0.2, -0.15) is 0 Å². The third-order valence-electron chi connectivity index (χ3n) is 4.84. The lowest BCUT2D eigenvalue weighted by Crippen LogP contribution is -2.36. The number of hydrogen-bond donors (Lipinski definition) is 1. The number of nitrogens with zero attached hydrogens (tertiary/aromatic N) is 1. The van der Waals surface area contributed by atoms with E-state index in [4.69, 9.17) is 0 Å². The molecule has 3 rings (SSSR count). The van der Waals surface area contributed by atoms with E-state index < -0.39 is 0 Å². The first kappa shape index (κ1) is 12.2. The maximum Gasteiger partial charge on any atom is 0.233 e. The third-order valence-corrected chi connectivity index (χ3v) is 4.84. The molecule has 0 radical (unpaired) electrons. The fourth-order valence-electron chi connectivity index (χ4n) is 3.76. The van der Waals surface area contributed by atoms with E-state index in [1.807, 2.05) is 0 Å². The zero-order valence-corrected chi connectivity index (χ0v) is 10.9. The van der Waals surface area contributed by atoms with Crippen LogP contribution in [0.1, 0.15) is 38.5 Å². The van der Waals surface area contributed by atoms with Crippen molar-refractivity contribution in [2.45, 2.75) is 38.5 Å². The molecule has 2 amide bonds. The monoisotopic (exact) mass is 250 g/mol. The van der Waals surface area contributed by atoms with Crippen LogP contribution in [0.2, 0.25) is 0 Å². The predicted octanol–water partition coefficient (Wildman–Crippen LogP) is 1.16. The number of imide groups is 1. The van der Waals surface area contributed by atoms with E-state index in [-0.39, 0.29) is 23.7 Å². The molecule has 3 atom stereocenters. The van der Waals surface area contributed by atoms with Gasteiger partial charge in [0.05, 0.1) is 11.8 Å². The van der Waals surface area contributed by atoms with Gasteiger partial charge in [-0.3, -0.25) is 14.5 Å². The largest absolute Gasteiger partial charge is 0.316 e. The Morgan fingerprint density at radius 2 is 1.78 bits per heavy atom. The Morgan fingerprint density at radius 1 is 1.06 bits per heavy atom. The second-order valence-corrected chi connectivity index (χ2v) is 5.97. The first-order chi connectivity index (χ1) is 8.77. The van der Waals surface area contributed by atoms with Crippen LogP contribution in [0.5, 0.6) is 0 Å². The fraction of sp³-hybridized carbons (Fsp3) is 0.857. The van der Waals surface area contributed by atoms with E-state index in [2.05, 4.69) is 5.32 Å². The van der Waals surface area contributed by atoms with Gasteiger partial charge < -0.3 is 5.32 Å². The molecular formula is C14H22N2O2. The van der Waals surface area contributed by atoms with Crippen molar-refractivity contribution in [1.29, 1.82) is 0 Å². The van der Waals surface area contributed by atoms with Gasteiger partial charge in [0.25, 0.3) is 0 Å². The Labute approximate surface area is 108 Å². The zero-order valence-electron chi connectivity index (χ0n) is 10.9. The van der Waals surface area contributed by atoms with Gasteiger partial charge in [-0.25, -0.2) is 0 Å². The van der Waals surface area contributed by atoms with Crippen LogP contribution in [0, 0.1) is 17.8 Å². The van der Waals surface area contributed by atoms with Crippen LogP contribution < -0.4 is 5.32 Å². The molecule has 0 bridgehead atoms. The molecule has 1 aliphatic carbocycles. The molecule has 3 fully saturated rings. The molecule has 0 aromatic rings. The number of likely N-dealkylation sites (tertiary alicyclic amines) is 1. The zero-order chi connectivity index (χ0) is 12.5. The Kier molecular flexibility index (Phi) is 3.37. The van der Waals surface area contributed by atoms with Crippen LogP contribution in [0.25, 0.3) is 0 Å². The summed E-state index contributed by atoms with van der Waals surface area (Å²) in [6, 6.07) is 0. The number of rotatable bonds is 3. The van der Waals surface area contributed by atoms with Crippen molar-refractivity contribution in [1.82, 2.24) is 10.2 Å². The topological polar surface area (TPSA) is 49.4 Å². The second-order valence-electron chi connectivity index (χ2n) is 5.97. The van der Waals surface area contributed by atoms with Gasteiger partial charge >= 0.3 is 0 Å². The summed E-state index contributed by atoms with van der Waals surface area (Å²) < 4.78 is 0. The Hall–Kier alpha value is -0.900. The summed E-state index contributed by atoms with van der Waals surface area (Å²) in [5, 5.41) is 3.38. The van der Waals surface area contributed by atoms with Crippen molar-refractivity contribution in [2.75, 3.05) is 19.6 Å². The number of piperidine rings is 1. The molecule has 18 heavy (non-hydrogen) atoms. The summed E-state index contributed by atoms with van der Waals surface area (Å²) in [5.41, 5.74) is 0. The molecular weight excluding hydrogens is 228 g/mol. The van der Waals surface area contributed by atoms with Crippen LogP contribution >= 0.6 is 0 Å². The second kappa shape index (κ2) is 5.00. The minimum atomic E-state index is 0.0296. The van der Waals surface area contributed by atoms with Gasteiger partial charge in [-0.1, -0.05) is 6.42 Å². The molecule has 4 heteroatoms. The molecule has 1 saturated carbocycles. The predicted molar refractivity (Wildman–Crippen MR) is 67.8 cm³/mol. The standard InChI is InChI=1S/C14H22N2O2/c17-13-11-4-1-5-12(11)14(18)16(13)8-6-10-3-2-7-15-9-10/h10-12,15H,1-9H2. The molecule has 1 N–H and O–H groups in total. The van der Waals surface area contributed by atoms with Crippen molar-refractivity contribution in [3.63, 3.8) is 0 Å². The van der Waals surface area contributed by atoms with Crippen LogP contribution in [-0.2, 0) is 9.59 Å². The summed E-state index contributed by atoms with van der Waals surface area (Å²) >= 11 is 0. The van der Waals surface area contributed by atoms with Gasteiger partial charge in [0.2, 0.25) is 11.8 Å². The van der Waals surface area contributed by atoms with Gasteiger partial charge in [-0.05, 0) is 51.1 Å².